The molecule has 0 aliphatic rings. The Bertz CT molecular complexity index is 669. The molecule has 2 aromatic rings. The normalized spacial score (nSPS) is 11.3. The molecule has 0 bridgehead atoms. The zero-order chi connectivity index (χ0) is 15.6. The van der Waals surface area contributed by atoms with E-state index in [4.69, 9.17) is 11.6 Å². The number of benzene rings is 1. The Kier molecular flexibility index (Phi) is 4.18. The fourth-order valence-electron chi connectivity index (χ4n) is 1.69. The zero-order valence-electron chi connectivity index (χ0n) is 10.7. The molecule has 0 atom stereocenters. The number of esters is 1. The van der Waals surface area contributed by atoms with Crippen LogP contribution in [0.2, 0.25) is 5.02 Å². The number of carbonyl (C=O) groups excluding carboxylic acids is 1. The molecule has 0 fully saturated rings. The zero-order valence-corrected chi connectivity index (χ0v) is 11.5. The fraction of sp³-hybridized carbons (Fsp3) is 0.143. The highest BCUT2D eigenvalue weighted by atomic mass is 35.5. The van der Waals surface area contributed by atoms with Gasteiger partial charge in [0.25, 0.3) is 0 Å². The first-order valence-corrected chi connectivity index (χ1v) is 6.12. The topological polar surface area (TPSA) is 39.2 Å². The minimum absolute atomic E-state index is 0.101. The lowest BCUT2D eigenvalue weighted by Gasteiger charge is -2.08. The third-order valence-electron chi connectivity index (χ3n) is 2.77. The first kappa shape index (κ1) is 15.3. The van der Waals surface area contributed by atoms with Gasteiger partial charge in [0.1, 0.15) is 0 Å². The van der Waals surface area contributed by atoms with Crippen molar-refractivity contribution in [3.8, 4) is 11.3 Å². The van der Waals surface area contributed by atoms with Crippen molar-refractivity contribution in [1.29, 1.82) is 0 Å². The van der Waals surface area contributed by atoms with Gasteiger partial charge >= 0.3 is 12.1 Å². The quantitative estimate of drug-likeness (QED) is 0.779. The lowest BCUT2D eigenvalue weighted by atomic mass is 10.1. The van der Waals surface area contributed by atoms with Gasteiger partial charge < -0.3 is 4.74 Å². The Morgan fingerprint density at radius 1 is 1.24 bits per heavy atom. The highest BCUT2D eigenvalue weighted by Gasteiger charge is 2.30. The van der Waals surface area contributed by atoms with Crippen molar-refractivity contribution in [1.82, 2.24) is 4.98 Å². The lowest BCUT2D eigenvalue weighted by molar-refractivity contribution is -0.137. The minimum atomic E-state index is -4.40. The first-order chi connectivity index (χ1) is 9.82. The van der Waals surface area contributed by atoms with Crippen LogP contribution in [0, 0.1) is 0 Å². The van der Waals surface area contributed by atoms with Gasteiger partial charge in [-0.15, -0.1) is 0 Å². The highest BCUT2D eigenvalue weighted by Crippen LogP contribution is 2.31. The van der Waals surface area contributed by atoms with Crippen LogP contribution in [-0.2, 0) is 10.9 Å². The van der Waals surface area contributed by atoms with E-state index in [0.717, 1.165) is 12.1 Å². The molecule has 1 heterocycles. The molecular formula is C14H9ClF3NO2. The number of hydrogen-bond acceptors (Lipinski definition) is 3. The second-order valence-corrected chi connectivity index (χ2v) is 4.52. The van der Waals surface area contributed by atoms with Gasteiger partial charge in [0.15, 0.2) is 0 Å². The fourth-order valence-corrected chi connectivity index (χ4v) is 1.87. The molecule has 1 aromatic carbocycles. The number of hydrogen-bond donors (Lipinski definition) is 0. The van der Waals surface area contributed by atoms with Gasteiger partial charge in [-0.25, -0.2) is 4.79 Å². The Hall–Kier alpha value is -2.08. The number of halogens is 4. The standard InChI is InChI=1S/C14H9ClF3NO2/c1-21-13(20)10-6-12(19-7-11(10)15)8-2-4-9(5-3-8)14(16,17)18/h2-7H,1H3. The van der Waals surface area contributed by atoms with E-state index in [9.17, 15) is 18.0 Å². The van der Waals surface area contributed by atoms with Crippen LogP contribution in [-0.4, -0.2) is 18.1 Å². The van der Waals surface area contributed by atoms with E-state index in [-0.39, 0.29) is 10.6 Å². The van der Waals surface area contributed by atoms with Gasteiger partial charge in [-0.1, -0.05) is 23.7 Å². The Labute approximate surface area is 123 Å². The molecule has 0 N–H and O–H groups in total. The number of ether oxygens (including phenoxy) is 1. The third kappa shape index (κ3) is 3.33. The molecule has 3 nitrogen and oxygen atoms in total. The summed E-state index contributed by atoms with van der Waals surface area (Å²) in [5.74, 6) is -0.643. The maximum atomic E-state index is 12.5. The van der Waals surface area contributed by atoms with Crippen LogP contribution in [0.1, 0.15) is 15.9 Å². The van der Waals surface area contributed by atoms with E-state index >= 15 is 0 Å². The van der Waals surface area contributed by atoms with Crippen molar-refractivity contribution in [2.45, 2.75) is 6.18 Å². The predicted octanol–water partition coefficient (Wildman–Crippen LogP) is 4.21. The van der Waals surface area contributed by atoms with Crippen molar-refractivity contribution in [2.75, 3.05) is 7.11 Å². The molecule has 0 unspecified atom stereocenters. The van der Waals surface area contributed by atoms with E-state index in [1.807, 2.05) is 0 Å². The summed E-state index contributed by atoms with van der Waals surface area (Å²) < 4.78 is 42.1. The lowest BCUT2D eigenvalue weighted by Crippen LogP contribution is -2.05. The van der Waals surface area contributed by atoms with E-state index in [0.29, 0.717) is 11.3 Å². The van der Waals surface area contributed by atoms with Crippen LogP contribution >= 0.6 is 11.6 Å². The van der Waals surface area contributed by atoms with Crippen molar-refractivity contribution >= 4 is 17.6 Å². The molecule has 0 spiro atoms. The number of methoxy groups -OCH3 is 1. The molecule has 0 saturated heterocycles. The smallest absolute Gasteiger partial charge is 0.416 e. The molecule has 0 saturated carbocycles. The number of pyridine rings is 1. The first-order valence-electron chi connectivity index (χ1n) is 5.74. The average Bonchev–Trinajstić information content (AvgIpc) is 2.46. The molecule has 110 valence electrons. The van der Waals surface area contributed by atoms with Crippen LogP contribution in [0.5, 0.6) is 0 Å². The number of alkyl halides is 3. The largest absolute Gasteiger partial charge is 0.465 e. The van der Waals surface area contributed by atoms with Crippen molar-refractivity contribution in [3.63, 3.8) is 0 Å². The van der Waals surface area contributed by atoms with Gasteiger partial charge in [0, 0.05) is 11.8 Å². The molecule has 0 radical (unpaired) electrons. The maximum absolute atomic E-state index is 12.5. The van der Waals surface area contributed by atoms with Gasteiger partial charge in [-0.05, 0) is 18.2 Å². The summed E-state index contributed by atoms with van der Waals surface area (Å²) in [6.45, 7) is 0. The van der Waals surface area contributed by atoms with Crippen molar-refractivity contribution in [3.05, 3.63) is 52.7 Å². The molecule has 0 amide bonds. The third-order valence-corrected chi connectivity index (χ3v) is 3.07. The Morgan fingerprint density at radius 3 is 2.38 bits per heavy atom. The van der Waals surface area contributed by atoms with Crippen LogP contribution in [0.15, 0.2) is 36.5 Å². The van der Waals surface area contributed by atoms with Gasteiger partial charge in [0.05, 0.1) is 29.0 Å². The summed E-state index contributed by atoms with van der Waals surface area (Å²) in [6.07, 6.45) is -3.15. The van der Waals surface area contributed by atoms with E-state index in [1.165, 1.54) is 31.5 Å². The van der Waals surface area contributed by atoms with E-state index < -0.39 is 17.7 Å². The Balaban J connectivity index is 2.41. The van der Waals surface area contributed by atoms with E-state index in [2.05, 4.69) is 9.72 Å². The van der Waals surface area contributed by atoms with Crippen LogP contribution in [0.3, 0.4) is 0 Å². The van der Waals surface area contributed by atoms with Gasteiger partial charge in [-0.2, -0.15) is 13.2 Å². The van der Waals surface area contributed by atoms with Gasteiger partial charge in [0.2, 0.25) is 0 Å². The molecule has 0 aliphatic carbocycles. The summed E-state index contributed by atoms with van der Waals surface area (Å²) in [5, 5.41) is 0.109. The summed E-state index contributed by atoms with van der Waals surface area (Å²) in [5.41, 5.74) is 0.107. The minimum Gasteiger partial charge on any atom is -0.465 e. The highest BCUT2D eigenvalue weighted by molar-refractivity contribution is 6.33. The second kappa shape index (κ2) is 5.73. The molecule has 21 heavy (non-hydrogen) atoms. The van der Waals surface area contributed by atoms with Crippen molar-refractivity contribution < 1.29 is 22.7 Å². The summed E-state index contributed by atoms with van der Waals surface area (Å²) in [4.78, 5) is 15.5. The molecule has 2 rings (SSSR count). The monoisotopic (exact) mass is 315 g/mol. The Morgan fingerprint density at radius 2 is 1.86 bits per heavy atom. The molecule has 7 heteroatoms. The maximum Gasteiger partial charge on any atom is 0.416 e. The van der Waals surface area contributed by atoms with Crippen LogP contribution in [0.4, 0.5) is 13.2 Å². The average molecular weight is 316 g/mol. The van der Waals surface area contributed by atoms with E-state index in [1.54, 1.807) is 0 Å². The SMILES string of the molecule is COC(=O)c1cc(-c2ccc(C(F)(F)F)cc2)ncc1Cl. The molecule has 0 aliphatic heterocycles. The number of nitrogens with zero attached hydrogens (tertiary/aromatic N) is 1. The number of aromatic nitrogens is 1. The number of carbonyl (C=O) groups is 1. The molecule has 1 aromatic heterocycles. The van der Waals surface area contributed by atoms with Gasteiger partial charge in [-0.3, -0.25) is 4.98 Å². The summed E-state index contributed by atoms with van der Waals surface area (Å²) >= 11 is 5.83. The summed E-state index contributed by atoms with van der Waals surface area (Å²) in [7, 11) is 1.21. The predicted molar refractivity (Wildman–Crippen MR) is 71.0 cm³/mol. The molecular weight excluding hydrogens is 307 g/mol. The number of rotatable bonds is 2. The second-order valence-electron chi connectivity index (χ2n) is 4.12. The van der Waals surface area contributed by atoms with Crippen LogP contribution < -0.4 is 0 Å². The summed E-state index contributed by atoms with van der Waals surface area (Å²) in [6, 6.07) is 5.82. The van der Waals surface area contributed by atoms with Crippen molar-refractivity contribution in [2.24, 2.45) is 0 Å². The van der Waals surface area contributed by atoms with Crippen LogP contribution in [0.25, 0.3) is 11.3 Å².